The van der Waals surface area contributed by atoms with Crippen molar-refractivity contribution < 1.29 is 0 Å². The predicted octanol–water partition coefficient (Wildman–Crippen LogP) is 6.37. The average molecular weight is 427 g/mol. The van der Waals surface area contributed by atoms with E-state index in [9.17, 15) is 0 Å². The van der Waals surface area contributed by atoms with E-state index in [1.165, 1.54) is 36.8 Å². The molecule has 150 valence electrons. The fourth-order valence-electron chi connectivity index (χ4n) is 4.51. The molecule has 0 bridgehead atoms. The Kier molecular flexibility index (Phi) is 7.96. The molecule has 1 aliphatic heterocycles. The molecule has 2 aromatic carbocycles. The molecule has 0 unspecified atom stereocenters. The van der Waals surface area contributed by atoms with Gasteiger partial charge in [-0.25, -0.2) is 0 Å². The highest BCUT2D eigenvalue weighted by atomic mass is 32.2. The van der Waals surface area contributed by atoms with Crippen LogP contribution < -0.4 is 10.4 Å². The summed E-state index contributed by atoms with van der Waals surface area (Å²) in [4.78, 5) is 0. The normalized spacial score (nSPS) is 16.8. The molecule has 1 saturated heterocycles. The maximum atomic E-state index is 4.10. The van der Waals surface area contributed by atoms with Gasteiger partial charge in [-0.15, -0.1) is 30.1 Å². The molecule has 0 nitrogen and oxygen atoms in total. The summed E-state index contributed by atoms with van der Waals surface area (Å²) in [5.74, 6) is 3.35. The molecule has 0 amide bonds. The van der Waals surface area contributed by atoms with Crippen LogP contribution >= 0.6 is 23.5 Å². The molecule has 2 aromatic rings. The minimum Gasteiger partial charge on any atom is -0.147 e. The Morgan fingerprint density at radius 2 is 1.50 bits per heavy atom. The average Bonchev–Trinajstić information content (AvgIpc) is 2.75. The zero-order chi connectivity index (χ0) is 19.9. The second-order valence-corrected chi connectivity index (χ2v) is 16.3. The molecule has 0 atom stereocenters. The van der Waals surface area contributed by atoms with Crippen molar-refractivity contribution >= 4 is 42.0 Å². The van der Waals surface area contributed by atoms with Crippen LogP contribution in [0.4, 0.5) is 0 Å². The first kappa shape index (κ1) is 21.8. The quantitative estimate of drug-likeness (QED) is 0.337. The second-order valence-electron chi connectivity index (χ2n) is 8.20. The van der Waals surface area contributed by atoms with Gasteiger partial charge in [-0.1, -0.05) is 91.0 Å². The molecule has 0 aromatic heterocycles. The Labute approximate surface area is 181 Å². The third kappa shape index (κ3) is 4.47. The van der Waals surface area contributed by atoms with E-state index in [1.54, 1.807) is 10.4 Å². The standard InChI is InChI=1S/C25H34S2Si/c1-4-5-21-28(23-13-8-6-9-14-23,24-15-10-7-11-16-24)25(18-17-22(2)3)26-19-12-20-27-25/h4,6-11,13-16,22H,1,5,12,17-21H2,2-3H3. The first-order valence-electron chi connectivity index (χ1n) is 10.6. The molecule has 1 heterocycles. The van der Waals surface area contributed by atoms with Gasteiger partial charge < -0.3 is 0 Å². The van der Waals surface area contributed by atoms with Gasteiger partial charge in [-0.05, 0) is 49.2 Å². The van der Waals surface area contributed by atoms with Crippen LogP contribution in [0.2, 0.25) is 6.04 Å². The lowest BCUT2D eigenvalue weighted by molar-refractivity contribution is 0.560. The van der Waals surface area contributed by atoms with Crippen LogP contribution in [0.15, 0.2) is 73.3 Å². The zero-order valence-corrected chi connectivity index (χ0v) is 20.0. The van der Waals surface area contributed by atoms with E-state index in [-0.39, 0.29) is 0 Å². The van der Waals surface area contributed by atoms with E-state index < -0.39 is 8.07 Å². The number of rotatable bonds is 9. The number of hydrogen-bond acceptors (Lipinski definition) is 2. The Bertz CT molecular complexity index is 681. The molecule has 3 rings (SSSR count). The molecule has 0 saturated carbocycles. The predicted molar refractivity (Wildman–Crippen MR) is 134 cm³/mol. The fourth-order valence-corrected chi connectivity index (χ4v) is 16.8. The van der Waals surface area contributed by atoms with Gasteiger partial charge in [0.25, 0.3) is 0 Å². The molecule has 0 aliphatic carbocycles. The molecule has 0 spiro atoms. The van der Waals surface area contributed by atoms with Crippen molar-refractivity contribution in [2.45, 2.75) is 49.3 Å². The molecule has 0 radical (unpaired) electrons. The van der Waals surface area contributed by atoms with Crippen molar-refractivity contribution in [3.8, 4) is 0 Å². The van der Waals surface area contributed by atoms with E-state index in [0.717, 1.165) is 12.3 Å². The van der Waals surface area contributed by atoms with Crippen LogP contribution in [0.3, 0.4) is 0 Å². The van der Waals surface area contributed by atoms with Gasteiger partial charge >= 0.3 is 0 Å². The third-order valence-electron chi connectivity index (χ3n) is 5.92. The number of hydrogen-bond donors (Lipinski definition) is 0. The van der Waals surface area contributed by atoms with Crippen molar-refractivity contribution in [1.82, 2.24) is 0 Å². The molecular weight excluding hydrogens is 392 g/mol. The smallest absolute Gasteiger partial charge is 0.146 e. The van der Waals surface area contributed by atoms with Crippen LogP contribution in [0.5, 0.6) is 0 Å². The van der Waals surface area contributed by atoms with Crippen LogP contribution in [0, 0.1) is 5.92 Å². The lowest BCUT2D eigenvalue weighted by Gasteiger charge is -2.51. The largest absolute Gasteiger partial charge is 0.147 e. The van der Waals surface area contributed by atoms with Crippen molar-refractivity contribution in [2.24, 2.45) is 5.92 Å². The summed E-state index contributed by atoms with van der Waals surface area (Å²) in [6, 6.07) is 24.3. The highest BCUT2D eigenvalue weighted by Crippen LogP contribution is 2.53. The van der Waals surface area contributed by atoms with Gasteiger partial charge in [0, 0.05) is 0 Å². The summed E-state index contributed by atoms with van der Waals surface area (Å²) < 4.78 is 0.307. The number of thioether (sulfide) groups is 2. The summed E-state index contributed by atoms with van der Waals surface area (Å²) in [5, 5.41) is 3.21. The van der Waals surface area contributed by atoms with Crippen molar-refractivity contribution in [3.05, 3.63) is 73.3 Å². The Balaban J connectivity index is 2.23. The lowest BCUT2D eigenvalue weighted by atomic mass is 10.1. The SMILES string of the molecule is C=CCC[Si](c1ccccc1)(c1ccccc1)C1(CCC(C)C)SCCCS1. The van der Waals surface area contributed by atoms with Crippen LogP contribution in [-0.4, -0.2) is 23.3 Å². The first-order chi connectivity index (χ1) is 13.6. The monoisotopic (exact) mass is 426 g/mol. The summed E-state index contributed by atoms with van der Waals surface area (Å²) in [6.45, 7) is 8.86. The summed E-state index contributed by atoms with van der Waals surface area (Å²) in [5.41, 5.74) is 0. The molecule has 0 N–H and O–H groups in total. The summed E-state index contributed by atoms with van der Waals surface area (Å²) in [6.07, 6.45) is 7.20. The van der Waals surface area contributed by atoms with E-state index in [4.69, 9.17) is 0 Å². The zero-order valence-electron chi connectivity index (χ0n) is 17.4. The highest BCUT2D eigenvalue weighted by molar-refractivity contribution is 8.21. The first-order valence-corrected chi connectivity index (χ1v) is 14.8. The lowest BCUT2D eigenvalue weighted by Crippen LogP contribution is -2.71. The molecular formula is C25H34S2Si. The van der Waals surface area contributed by atoms with Gasteiger partial charge in [-0.2, -0.15) is 0 Å². The van der Waals surface area contributed by atoms with Gasteiger partial charge in [0.2, 0.25) is 0 Å². The van der Waals surface area contributed by atoms with Crippen molar-refractivity contribution in [1.29, 1.82) is 0 Å². The minimum absolute atomic E-state index is 0.307. The summed E-state index contributed by atoms with van der Waals surface area (Å²) in [7, 11) is -2.03. The maximum Gasteiger partial charge on any atom is 0.146 e. The van der Waals surface area contributed by atoms with Crippen molar-refractivity contribution in [3.63, 3.8) is 0 Å². The van der Waals surface area contributed by atoms with Gasteiger partial charge in [0.15, 0.2) is 0 Å². The Morgan fingerprint density at radius 1 is 0.964 bits per heavy atom. The number of allylic oxidation sites excluding steroid dienone is 1. The molecule has 1 fully saturated rings. The van der Waals surface area contributed by atoms with Crippen LogP contribution in [0.1, 0.15) is 39.5 Å². The molecule has 28 heavy (non-hydrogen) atoms. The number of benzene rings is 2. The van der Waals surface area contributed by atoms with Crippen LogP contribution in [-0.2, 0) is 0 Å². The van der Waals surface area contributed by atoms with E-state index in [2.05, 4.69) is 111 Å². The topological polar surface area (TPSA) is 0 Å². The maximum absolute atomic E-state index is 4.10. The van der Waals surface area contributed by atoms with E-state index in [1.807, 2.05) is 0 Å². The highest BCUT2D eigenvalue weighted by Gasteiger charge is 2.56. The Hall–Kier alpha value is -0.903. The second kappa shape index (κ2) is 10.2. The third-order valence-corrected chi connectivity index (χ3v) is 17.1. The molecule has 1 aliphatic rings. The minimum atomic E-state index is -2.03. The van der Waals surface area contributed by atoms with Crippen molar-refractivity contribution in [2.75, 3.05) is 11.5 Å². The van der Waals surface area contributed by atoms with Gasteiger partial charge in [-0.3, -0.25) is 0 Å². The van der Waals surface area contributed by atoms with Crippen LogP contribution in [0.25, 0.3) is 0 Å². The van der Waals surface area contributed by atoms with Gasteiger partial charge in [0.1, 0.15) is 8.07 Å². The fraction of sp³-hybridized carbons (Fsp3) is 0.440. The van der Waals surface area contributed by atoms with E-state index in [0.29, 0.717) is 3.70 Å². The molecule has 3 heteroatoms. The van der Waals surface area contributed by atoms with E-state index >= 15 is 0 Å². The Morgan fingerprint density at radius 3 is 1.96 bits per heavy atom. The summed E-state index contributed by atoms with van der Waals surface area (Å²) >= 11 is 4.58. The van der Waals surface area contributed by atoms with Gasteiger partial charge in [0.05, 0.1) is 3.70 Å².